The molecular formula is C14H16FNO4S. The minimum absolute atomic E-state index is 0.0249. The molecule has 0 atom stereocenters. The summed E-state index contributed by atoms with van der Waals surface area (Å²) in [6.07, 6.45) is 2.43. The van der Waals surface area contributed by atoms with E-state index in [-0.39, 0.29) is 11.4 Å². The molecule has 1 aliphatic carbocycles. The van der Waals surface area contributed by atoms with Gasteiger partial charge in [0, 0.05) is 11.8 Å². The molecule has 0 spiro atoms. The van der Waals surface area contributed by atoms with Crippen LogP contribution in [0.3, 0.4) is 0 Å². The van der Waals surface area contributed by atoms with Gasteiger partial charge in [-0.1, -0.05) is 6.07 Å². The largest absolute Gasteiger partial charge is 0.469 e. The van der Waals surface area contributed by atoms with E-state index in [4.69, 9.17) is 0 Å². The van der Waals surface area contributed by atoms with Crippen LogP contribution in [0.15, 0.2) is 18.2 Å². The van der Waals surface area contributed by atoms with Crippen LogP contribution < -0.4 is 0 Å². The number of rotatable bonds is 7. The standard InChI is InChI=1S/C14H16FNO4S/c1-20-13(17)7-14(4-5-14)9-21-8-10-2-3-12(16(18)19)11(15)6-10/h2-3,6H,4-5,7-9H2,1H3. The smallest absolute Gasteiger partial charge is 0.306 e. The molecule has 1 aromatic carbocycles. The number of methoxy groups -OCH3 is 1. The normalized spacial score (nSPS) is 15.5. The van der Waals surface area contributed by atoms with Crippen LogP contribution >= 0.6 is 11.8 Å². The molecule has 2 rings (SSSR count). The number of carbonyl (C=O) groups is 1. The Labute approximate surface area is 126 Å². The van der Waals surface area contributed by atoms with Gasteiger partial charge in [-0.3, -0.25) is 14.9 Å². The third-order valence-corrected chi connectivity index (χ3v) is 4.94. The first-order valence-electron chi connectivity index (χ1n) is 6.53. The van der Waals surface area contributed by atoms with Gasteiger partial charge in [-0.15, -0.1) is 0 Å². The number of ether oxygens (including phenoxy) is 1. The Morgan fingerprint density at radius 2 is 2.24 bits per heavy atom. The van der Waals surface area contributed by atoms with E-state index in [1.807, 2.05) is 0 Å². The summed E-state index contributed by atoms with van der Waals surface area (Å²) in [6.45, 7) is 0. The molecular weight excluding hydrogens is 297 g/mol. The second-order valence-corrected chi connectivity index (χ2v) is 6.27. The Morgan fingerprint density at radius 1 is 1.52 bits per heavy atom. The number of esters is 1. The molecule has 0 aromatic heterocycles. The van der Waals surface area contributed by atoms with Gasteiger partial charge < -0.3 is 4.74 Å². The van der Waals surface area contributed by atoms with E-state index in [1.165, 1.54) is 19.2 Å². The van der Waals surface area contributed by atoms with Crippen molar-refractivity contribution < 1.29 is 18.8 Å². The van der Waals surface area contributed by atoms with Gasteiger partial charge in [0.25, 0.3) is 0 Å². The Balaban J connectivity index is 1.85. The summed E-state index contributed by atoms with van der Waals surface area (Å²) in [5.41, 5.74) is 0.224. The fraction of sp³-hybridized carbons (Fsp3) is 0.500. The number of nitro benzene ring substituents is 1. The van der Waals surface area contributed by atoms with E-state index in [1.54, 1.807) is 17.8 Å². The second kappa shape index (κ2) is 6.43. The Bertz CT molecular complexity index is 560. The van der Waals surface area contributed by atoms with Crippen molar-refractivity contribution in [1.82, 2.24) is 0 Å². The van der Waals surface area contributed by atoms with Gasteiger partial charge >= 0.3 is 11.7 Å². The molecule has 0 bridgehead atoms. The van der Waals surface area contributed by atoms with Crippen LogP contribution in [-0.4, -0.2) is 23.8 Å². The third kappa shape index (κ3) is 4.17. The number of halogens is 1. The first kappa shape index (κ1) is 15.8. The maximum atomic E-state index is 13.5. The van der Waals surface area contributed by atoms with Crippen molar-refractivity contribution in [2.45, 2.75) is 25.0 Å². The van der Waals surface area contributed by atoms with Crippen molar-refractivity contribution in [2.24, 2.45) is 5.41 Å². The summed E-state index contributed by atoms with van der Waals surface area (Å²) in [5.74, 6) is 0.363. The minimum Gasteiger partial charge on any atom is -0.469 e. The number of hydrogen-bond acceptors (Lipinski definition) is 5. The summed E-state index contributed by atoms with van der Waals surface area (Å²) in [6, 6.07) is 3.95. The van der Waals surface area contributed by atoms with Crippen molar-refractivity contribution in [2.75, 3.05) is 12.9 Å². The topological polar surface area (TPSA) is 69.4 Å². The molecule has 7 heteroatoms. The van der Waals surface area contributed by atoms with Gasteiger partial charge in [-0.25, -0.2) is 0 Å². The number of thioether (sulfide) groups is 1. The highest BCUT2D eigenvalue weighted by molar-refractivity contribution is 7.98. The number of hydrogen-bond donors (Lipinski definition) is 0. The number of nitro groups is 1. The molecule has 5 nitrogen and oxygen atoms in total. The zero-order valence-electron chi connectivity index (χ0n) is 11.6. The summed E-state index contributed by atoms with van der Waals surface area (Å²) in [5, 5.41) is 10.5. The average molecular weight is 313 g/mol. The molecule has 1 fully saturated rings. The fourth-order valence-corrected chi connectivity index (χ4v) is 3.44. The molecule has 0 aliphatic heterocycles. The van der Waals surface area contributed by atoms with E-state index >= 15 is 0 Å². The lowest BCUT2D eigenvalue weighted by atomic mass is 10.1. The van der Waals surface area contributed by atoms with Crippen molar-refractivity contribution in [3.63, 3.8) is 0 Å². The SMILES string of the molecule is COC(=O)CC1(CSCc2ccc([N+](=O)[O-])c(F)c2)CC1. The maximum Gasteiger partial charge on any atom is 0.306 e. The Morgan fingerprint density at radius 3 is 2.76 bits per heavy atom. The lowest BCUT2D eigenvalue weighted by molar-refractivity contribution is -0.387. The fourth-order valence-electron chi connectivity index (χ4n) is 2.10. The third-order valence-electron chi connectivity index (χ3n) is 3.59. The highest BCUT2D eigenvalue weighted by atomic mass is 32.2. The Hall–Kier alpha value is -1.63. The summed E-state index contributed by atoms with van der Waals surface area (Å²) in [4.78, 5) is 21.1. The molecule has 1 saturated carbocycles. The summed E-state index contributed by atoms with van der Waals surface area (Å²) in [7, 11) is 1.38. The molecule has 0 radical (unpaired) electrons. The second-order valence-electron chi connectivity index (χ2n) is 5.29. The van der Waals surface area contributed by atoms with Crippen LogP contribution in [0.2, 0.25) is 0 Å². The molecule has 1 aromatic rings. The predicted molar refractivity (Wildman–Crippen MR) is 77.5 cm³/mol. The van der Waals surface area contributed by atoms with Crippen LogP contribution in [0.4, 0.5) is 10.1 Å². The van der Waals surface area contributed by atoms with Crippen molar-refractivity contribution in [1.29, 1.82) is 0 Å². The van der Waals surface area contributed by atoms with Gasteiger partial charge in [0.1, 0.15) is 0 Å². The van der Waals surface area contributed by atoms with Gasteiger partial charge in [0.2, 0.25) is 5.82 Å². The summed E-state index contributed by atoms with van der Waals surface area (Å²) < 4.78 is 18.2. The van der Waals surface area contributed by atoms with E-state index in [0.717, 1.165) is 18.6 Å². The molecule has 21 heavy (non-hydrogen) atoms. The highest BCUT2D eigenvalue weighted by Gasteiger charge is 2.44. The predicted octanol–water partition coefficient (Wildman–Crippen LogP) is 3.31. The molecule has 0 N–H and O–H groups in total. The number of benzene rings is 1. The van der Waals surface area contributed by atoms with Crippen molar-refractivity contribution in [3.05, 3.63) is 39.7 Å². The van der Waals surface area contributed by atoms with Crippen molar-refractivity contribution >= 4 is 23.4 Å². The molecule has 0 amide bonds. The van der Waals surface area contributed by atoms with Crippen LogP contribution in [0.1, 0.15) is 24.8 Å². The van der Waals surface area contributed by atoms with E-state index < -0.39 is 16.4 Å². The van der Waals surface area contributed by atoms with Gasteiger partial charge in [0.05, 0.1) is 18.5 Å². The molecule has 0 unspecified atom stereocenters. The zero-order chi connectivity index (χ0) is 15.5. The van der Waals surface area contributed by atoms with Crippen LogP contribution in [0.5, 0.6) is 0 Å². The molecule has 1 aliphatic rings. The maximum absolute atomic E-state index is 13.5. The molecule has 0 saturated heterocycles. The number of carbonyl (C=O) groups excluding carboxylic acids is 1. The van der Waals surface area contributed by atoms with Crippen molar-refractivity contribution in [3.8, 4) is 0 Å². The van der Waals surface area contributed by atoms with E-state index in [0.29, 0.717) is 17.7 Å². The lowest BCUT2D eigenvalue weighted by Crippen LogP contribution is -2.13. The van der Waals surface area contributed by atoms with Crippen LogP contribution in [0.25, 0.3) is 0 Å². The highest BCUT2D eigenvalue weighted by Crippen LogP contribution is 2.51. The zero-order valence-corrected chi connectivity index (χ0v) is 12.5. The Kier molecular flexibility index (Phi) is 4.82. The first-order chi connectivity index (χ1) is 9.96. The number of nitrogens with zero attached hydrogens (tertiary/aromatic N) is 1. The quantitative estimate of drug-likeness (QED) is 0.439. The van der Waals surface area contributed by atoms with Crippen LogP contribution in [-0.2, 0) is 15.3 Å². The van der Waals surface area contributed by atoms with Crippen LogP contribution in [0, 0.1) is 21.3 Å². The molecule has 114 valence electrons. The minimum atomic E-state index is -0.811. The monoisotopic (exact) mass is 313 g/mol. The van der Waals surface area contributed by atoms with Gasteiger partial charge in [-0.05, 0) is 35.6 Å². The summed E-state index contributed by atoms with van der Waals surface area (Å²) >= 11 is 1.61. The average Bonchev–Trinajstić information content (AvgIpc) is 3.18. The van der Waals surface area contributed by atoms with E-state index in [2.05, 4.69) is 4.74 Å². The van der Waals surface area contributed by atoms with Gasteiger partial charge in [-0.2, -0.15) is 16.2 Å². The first-order valence-corrected chi connectivity index (χ1v) is 7.69. The van der Waals surface area contributed by atoms with Gasteiger partial charge in [0.15, 0.2) is 0 Å². The van der Waals surface area contributed by atoms with E-state index in [9.17, 15) is 19.3 Å². The molecule has 0 heterocycles. The lowest BCUT2D eigenvalue weighted by Gasteiger charge is -2.13.